The Morgan fingerprint density at radius 3 is 2.65 bits per heavy atom. The van der Waals surface area contributed by atoms with Gasteiger partial charge in [0.05, 0.1) is 16.7 Å². The molecule has 0 saturated heterocycles. The van der Waals surface area contributed by atoms with Gasteiger partial charge in [0.25, 0.3) is 0 Å². The summed E-state index contributed by atoms with van der Waals surface area (Å²) in [5.74, 6) is 0.573. The van der Waals surface area contributed by atoms with Gasteiger partial charge in [0.2, 0.25) is 0 Å². The van der Waals surface area contributed by atoms with Crippen molar-refractivity contribution in [2.45, 2.75) is 13.0 Å². The molecule has 1 aromatic carbocycles. The van der Waals surface area contributed by atoms with Gasteiger partial charge in [-0.15, -0.1) is 0 Å². The lowest BCUT2D eigenvalue weighted by Crippen LogP contribution is -2.11. The fraction of sp³-hybridized carbons (Fsp3) is 0.182. The number of anilines is 1. The molecule has 1 atom stereocenters. The summed E-state index contributed by atoms with van der Waals surface area (Å²) in [5, 5.41) is 5.43. The van der Waals surface area contributed by atoms with Gasteiger partial charge in [-0.25, -0.2) is 4.68 Å². The Bertz CT molecular complexity index is 554. The predicted octanol–water partition coefficient (Wildman–Crippen LogP) is 4.14. The molecular weight excluding hydrogens is 325 g/mol. The first-order valence-corrected chi connectivity index (χ1v) is 6.49. The highest BCUT2D eigenvalue weighted by Crippen LogP contribution is 2.31. The van der Waals surface area contributed by atoms with Gasteiger partial charge in [0.1, 0.15) is 5.82 Å². The van der Waals surface area contributed by atoms with E-state index in [2.05, 4.69) is 21.0 Å². The van der Waals surface area contributed by atoms with Crippen LogP contribution in [0.3, 0.4) is 0 Å². The molecule has 0 fully saturated rings. The summed E-state index contributed by atoms with van der Waals surface area (Å²) in [6.45, 7) is 1.98. The molecule has 2 rings (SSSR count). The van der Waals surface area contributed by atoms with Crippen LogP contribution in [0.2, 0.25) is 10.0 Å². The van der Waals surface area contributed by atoms with Crippen LogP contribution >= 0.6 is 39.1 Å². The molecule has 1 unspecified atom stereocenters. The van der Waals surface area contributed by atoms with Gasteiger partial charge in [0.15, 0.2) is 0 Å². The van der Waals surface area contributed by atoms with Crippen LogP contribution in [0, 0.1) is 0 Å². The van der Waals surface area contributed by atoms with Crippen LogP contribution in [0.15, 0.2) is 28.9 Å². The van der Waals surface area contributed by atoms with Crippen molar-refractivity contribution in [3.05, 3.63) is 44.5 Å². The lowest BCUT2D eigenvalue weighted by molar-refractivity contribution is 0.573. The number of hydrogen-bond donors (Lipinski definition) is 1. The topological polar surface area (TPSA) is 43.8 Å². The summed E-state index contributed by atoms with van der Waals surface area (Å²) in [5.41, 5.74) is 6.83. The Morgan fingerprint density at radius 1 is 1.41 bits per heavy atom. The first-order chi connectivity index (χ1) is 8.00. The number of benzene rings is 1. The third-order valence-corrected chi connectivity index (χ3v) is 3.74. The van der Waals surface area contributed by atoms with Crippen LogP contribution in [-0.4, -0.2) is 9.78 Å². The van der Waals surface area contributed by atoms with Crippen molar-refractivity contribution in [1.29, 1.82) is 0 Å². The van der Waals surface area contributed by atoms with Gasteiger partial charge in [0, 0.05) is 10.0 Å². The average molecular weight is 335 g/mol. The molecule has 90 valence electrons. The molecule has 1 aromatic heterocycles. The molecule has 6 heteroatoms. The molecule has 0 aliphatic heterocycles. The lowest BCUT2D eigenvalue weighted by atomic mass is 10.1. The van der Waals surface area contributed by atoms with Crippen LogP contribution in [0.1, 0.15) is 18.5 Å². The van der Waals surface area contributed by atoms with E-state index in [0.29, 0.717) is 15.9 Å². The summed E-state index contributed by atoms with van der Waals surface area (Å²) < 4.78 is 2.48. The maximum atomic E-state index is 6.16. The van der Waals surface area contributed by atoms with Crippen LogP contribution < -0.4 is 5.73 Å². The van der Waals surface area contributed by atoms with Gasteiger partial charge < -0.3 is 5.73 Å². The summed E-state index contributed by atoms with van der Waals surface area (Å²) in [7, 11) is 0. The van der Waals surface area contributed by atoms with Gasteiger partial charge in [-0.3, -0.25) is 0 Å². The molecule has 1 heterocycles. The largest absolute Gasteiger partial charge is 0.383 e. The summed E-state index contributed by atoms with van der Waals surface area (Å²) in [6.07, 6.45) is 1.66. The predicted molar refractivity (Wildman–Crippen MR) is 74.6 cm³/mol. The highest BCUT2D eigenvalue weighted by atomic mass is 79.9. The van der Waals surface area contributed by atoms with Gasteiger partial charge >= 0.3 is 0 Å². The summed E-state index contributed by atoms with van der Waals surface area (Å²) in [4.78, 5) is 0. The first kappa shape index (κ1) is 12.7. The number of hydrogen-bond acceptors (Lipinski definition) is 2. The van der Waals surface area contributed by atoms with Crippen molar-refractivity contribution >= 4 is 44.9 Å². The molecule has 2 aromatic rings. The number of nitrogens with two attached hydrogens (primary N) is 1. The maximum Gasteiger partial charge on any atom is 0.136 e. The Labute approximate surface area is 118 Å². The first-order valence-electron chi connectivity index (χ1n) is 4.94. The van der Waals surface area contributed by atoms with Gasteiger partial charge in [-0.1, -0.05) is 29.3 Å². The number of halogens is 3. The third kappa shape index (κ3) is 2.44. The molecule has 17 heavy (non-hydrogen) atoms. The summed E-state index contributed by atoms with van der Waals surface area (Å²) in [6, 6.07) is 5.34. The molecule has 0 bridgehead atoms. The van der Waals surface area contributed by atoms with E-state index in [9.17, 15) is 0 Å². The van der Waals surface area contributed by atoms with Gasteiger partial charge in [-0.2, -0.15) is 5.10 Å². The molecule has 0 saturated carbocycles. The molecule has 0 spiro atoms. The highest BCUT2D eigenvalue weighted by molar-refractivity contribution is 9.10. The van der Waals surface area contributed by atoms with E-state index < -0.39 is 0 Å². The second-order valence-corrected chi connectivity index (χ2v) is 5.36. The van der Waals surface area contributed by atoms with Crippen molar-refractivity contribution in [1.82, 2.24) is 9.78 Å². The van der Waals surface area contributed by atoms with Crippen LogP contribution in [-0.2, 0) is 0 Å². The molecule has 2 N–H and O–H groups in total. The van der Waals surface area contributed by atoms with Crippen molar-refractivity contribution < 1.29 is 0 Å². The van der Waals surface area contributed by atoms with Crippen molar-refractivity contribution in [3.63, 3.8) is 0 Å². The Kier molecular flexibility index (Phi) is 3.66. The van der Waals surface area contributed by atoms with E-state index in [1.54, 1.807) is 23.0 Å². The zero-order valence-electron chi connectivity index (χ0n) is 8.99. The van der Waals surface area contributed by atoms with Crippen LogP contribution in [0.4, 0.5) is 5.82 Å². The monoisotopic (exact) mass is 333 g/mol. The smallest absolute Gasteiger partial charge is 0.136 e. The minimum Gasteiger partial charge on any atom is -0.383 e. The van der Waals surface area contributed by atoms with E-state index in [-0.39, 0.29) is 6.04 Å². The van der Waals surface area contributed by atoms with Crippen molar-refractivity contribution in [2.75, 3.05) is 5.73 Å². The lowest BCUT2D eigenvalue weighted by Gasteiger charge is -2.16. The summed E-state index contributed by atoms with van der Waals surface area (Å²) >= 11 is 15.3. The maximum absolute atomic E-state index is 6.16. The second-order valence-electron chi connectivity index (χ2n) is 3.66. The van der Waals surface area contributed by atoms with E-state index in [4.69, 9.17) is 28.9 Å². The molecule has 0 aliphatic carbocycles. The van der Waals surface area contributed by atoms with Gasteiger partial charge in [-0.05, 0) is 40.5 Å². The number of rotatable bonds is 2. The molecule has 0 amide bonds. The zero-order chi connectivity index (χ0) is 12.6. The Morgan fingerprint density at radius 2 is 2.12 bits per heavy atom. The molecule has 3 nitrogen and oxygen atoms in total. The van der Waals surface area contributed by atoms with E-state index in [0.717, 1.165) is 10.0 Å². The van der Waals surface area contributed by atoms with E-state index in [1.807, 2.05) is 13.0 Å². The average Bonchev–Trinajstić information content (AvgIpc) is 2.59. The van der Waals surface area contributed by atoms with Crippen molar-refractivity contribution in [3.8, 4) is 0 Å². The fourth-order valence-electron chi connectivity index (χ4n) is 1.63. The Hall–Kier alpha value is -0.710. The zero-order valence-corrected chi connectivity index (χ0v) is 12.1. The Balaban J connectivity index is 2.43. The van der Waals surface area contributed by atoms with E-state index >= 15 is 0 Å². The molecule has 0 radical (unpaired) electrons. The minimum atomic E-state index is -0.0499. The number of nitrogen functional groups attached to an aromatic ring is 1. The SMILES string of the molecule is CC(c1ccc(Cl)cc1Cl)n1ncc(Br)c1N. The minimum absolute atomic E-state index is 0.0499. The quantitative estimate of drug-likeness (QED) is 0.896. The van der Waals surface area contributed by atoms with Crippen molar-refractivity contribution in [2.24, 2.45) is 0 Å². The van der Waals surface area contributed by atoms with Crippen LogP contribution in [0.5, 0.6) is 0 Å². The van der Waals surface area contributed by atoms with Crippen LogP contribution in [0.25, 0.3) is 0 Å². The normalized spacial score (nSPS) is 12.7. The number of aromatic nitrogens is 2. The standard InChI is InChI=1S/C11H10BrCl2N3/c1-6(17-11(15)9(12)5-16-17)8-3-2-7(13)4-10(8)14/h2-6H,15H2,1H3. The molecule has 0 aliphatic rings. The highest BCUT2D eigenvalue weighted by Gasteiger charge is 2.16. The molecular formula is C11H10BrCl2N3. The third-order valence-electron chi connectivity index (χ3n) is 2.57. The number of nitrogens with zero attached hydrogens (tertiary/aromatic N) is 2. The second kappa shape index (κ2) is 4.88. The van der Waals surface area contributed by atoms with E-state index in [1.165, 1.54) is 0 Å². The fourth-order valence-corrected chi connectivity index (χ4v) is 2.47.